The Bertz CT molecular complexity index is 714. The zero-order chi connectivity index (χ0) is 15.7. The van der Waals surface area contributed by atoms with Gasteiger partial charge in [-0.2, -0.15) is 0 Å². The van der Waals surface area contributed by atoms with E-state index in [0.29, 0.717) is 5.41 Å². The fourth-order valence-electron chi connectivity index (χ4n) is 4.15. The first-order valence-electron chi connectivity index (χ1n) is 8.75. The van der Waals surface area contributed by atoms with Crippen LogP contribution < -0.4 is 5.32 Å². The van der Waals surface area contributed by atoms with Crippen molar-refractivity contribution in [3.63, 3.8) is 0 Å². The summed E-state index contributed by atoms with van der Waals surface area (Å²) in [5, 5.41) is 5.79. The molecule has 2 heterocycles. The average Bonchev–Trinajstić information content (AvgIpc) is 2.62. The van der Waals surface area contributed by atoms with Gasteiger partial charge in [-0.25, -0.2) is 0 Å². The van der Waals surface area contributed by atoms with Crippen LogP contribution in [0.15, 0.2) is 42.5 Å². The highest BCUT2D eigenvalue weighted by Crippen LogP contribution is 2.39. The number of carbonyl (C=O) groups is 1. The number of hydrogen-bond acceptors (Lipinski definition) is 2. The lowest BCUT2D eigenvalue weighted by molar-refractivity contribution is 0.0496. The molecule has 2 aliphatic rings. The zero-order valence-corrected chi connectivity index (χ0v) is 14.8. The second kappa shape index (κ2) is 7.12. The highest BCUT2D eigenvalue weighted by Gasteiger charge is 2.36. The van der Waals surface area contributed by atoms with E-state index in [1.807, 2.05) is 24.3 Å². The van der Waals surface area contributed by atoms with E-state index in [-0.39, 0.29) is 18.3 Å². The van der Waals surface area contributed by atoms with E-state index in [1.54, 1.807) is 0 Å². The monoisotopic (exact) mass is 344 g/mol. The first-order valence-corrected chi connectivity index (χ1v) is 8.75. The minimum atomic E-state index is 0. The molecule has 4 rings (SSSR count). The van der Waals surface area contributed by atoms with E-state index in [9.17, 15) is 4.79 Å². The molecule has 128 valence electrons. The normalized spacial score (nSPS) is 19.9. The molecule has 3 nitrogen and oxygen atoms in total. The molecule has 0 atom stereocenters. The number of halogens is 1. The summed E-state index contributed by atoms with van der Waals surface area (Å²) < 4.78 is 0. The van der Waals surface area contributed by atoms with E-state index in [0.717, 1.165) is 50.0 Å². The summed E-state index contributed by atoms with van der Waals surface area (Å²) in [6, 6.07) is 14.3. The molecule has 1 amide bonds. The summed E-state index contributed by atoms with van der Waals surface area (Å²) in [5.41, 5.74) is 1.32. The molecular weight excluding hydrogens is 320 g/mol. The summed E-state index contributed by atoms with van der Waals surface area (Å²) in [6.45, 7) is 4.09. The van der Waals surface area contributed by atoms with Gasteiger partial charge in [0.25, 0.3) is 5.91 Å². The molecule has 4 heteroatoms. The van der Waals surface area contributed by atoms with E-state index in [1.165, 1.54) is 18.2 Å². The number of hydrogen-bond donors (Lipinski definition) is 1. The number of rotatable bonds is 1. The van der Waals surface area contributed by atoms with Crippen molar-refractivity contribution in [3.05, 3.63) is 48.0 Å². The van der Waals surface area contributed by atoms with Crippen molar-refractivity contribution in [2.45, 2.75) is 25.7 Å². The lowest BCUT2D eigenvalue weighted by Crippen LogP contribution is -2.47. The number of carbonyl (C=O) groups excluding carboxylic acids is 1. The Kier molecular flexibility index (Phi) is 5.12. The zero-order valence-electron chi connectivity index (χ0n) is 14.0. The highest BCUT2D eigenvalue weighted by atomic mass is 35.5. The fourth-order valence-corrected chi connectivity index (χ4v) is 4.15. The Morgan fingerprint density at radius 3 is 2.29 bits per heavy atom. The van der Waals surface area contributed by atoms with Crippen LogP contribution in [-0.4, -0.2) is 37.0 Å². The Balaban J connectivity index is 0.00000169. The lowest BCUT2D eigenvalue weighted by atomic mass is 9.71. The SMILES string of the molecule is Cl.O=C(c1ccc2ccccc2c1)N1CCC2(CCNCC2)CC1. The molecule has 0 radical (unpaired) electrons. The third kappa shape index (κ3) is 3.28. The van der Waals surface area contributed by atoms with Crippen LogP contribution in [0, 0.1) is 5.41 Å². The first kappa shape index (κ1) is 17.2. The summed E-state index contributed by atoms with van der Waals surface area (Å²) in [5.74, 6) is 0.194. The van der Waals surface area contributed by atoms with Crippen molar-refractivity contribution >= 4 is 29.1 Å². The maximum atomic E-state index is 12.8. The summed E-state index contributed by atoms with van der Waals surface area (Å²) >= 11 is 0. The van der Waals surface area contributed by atoms with Crippen molar-refractivity contribution in [2.24, 2.45) is 5.41 Å². The maximum absolute atomic E-state index is 12.8. The molecule has 1 spiro atoms. The minimum absolute atomic E-state index is 0. The van der Waals surface area contributed by atoms with Gasteiger partial charge in [0, 0.05) is 18.7 Å². The second-order valence-electron chi connectivity index (χ2n) is 7.10. The summed E-state index contributed by atoms with van der Waals surface area (Å²) in [7, 11) is 0. The van der Waals surface area contributed by atoms with Crippen LogP contribution in [0.5, 0.6) is 0 Å². The molecule has 24 heavy (non-hydrogen) atoms. The molecule has 2 aromatic carbocycles. The van der Waals surface area contributed by atoms with E-state index in [4.69, 9.17) is 0 Å². The van der Waals surface area contributed by atoms with Crippen LogP contribution in [0.4, 0.5) is 0 Å². The van der Waals surface area contributed by atoms with E-state index < -0.39 is 0 Å². The average molecular weight is 345 g/mol. The largest absolute Gasteiger partial charge is 0.339 e. The molecule has 2 aliphatic heterocycles. The number of amides is 1. The van der Waals surface area contributed by atoms with Gasteiger partial charge >= 0.3 is 0 Å². The lowest BCUT2D eigenvalue weighted by Gasteiger charge is -2.44. The maximum Gasteiger partial charge on any atom is 0.253 e. The van der Waals surface area contributed by atoms with Gasteiger partial charge in [0.1, 0.15) is 0 Å². The molecule has 0 bridgehead atoms. The van der Waals surface area contributed by atoms with Gasteiger partial charge in [-0.05, 0) is 67.1 Å². The highest BCUT2D eigenvalue weighted by molar-refractivity contribution is 5.98. The van der Waals surface area contributed by atoms with Crippen molar-refractivity contribution in [1.29, 1.82) is 0 Å². The molecule has 2 fully saturated rings. The fraction of sp³-hybridized carbons (Fsp3) is 0.450. The number of likely N-dealkylation sites (tertiary alicyclic amines) is 1. The van der Waals surface area contributed by atoms with Crippen LogP contribution in [-0.2, 0) is 0 Å². The van der Waals surface area contributed by atoms with Crippen LogP contribution in [0.2, 0.25) is 0 Å². The topological polar surface area (TPSA) is 32.3 Å². The third-order valence-electron chi connectivity index (χ3n) is 5.77. The second-order valence-corrected chi connectivity index (χ2v) is 7.10. The Labute approximate surface area is 149 Å². The van der Waals surface area contributed by atoms with Gasteiger partial charge in [0.2, 0.25) is 0 Å². The molecule has 2 saturated heterocycles. The van der Waals surface area contributed by atoms with Crippen molar-refractivity contribution in [3.8, 4) is 0 Å². The quantitative estimate of drug-likeness (QED) is 0.851. The molecule has 2 aromatic rings. The van der Waals surface area contributed by atoms with Gasteiger partial charge in [0.05, 0.1) is 0 Å². The minimum Gasteiger partial charge on any atom is -0.339 e. The predicted octanol–water partition coefficient (Wildman–Crippen LogP) is 3.87. The molecule has 0 aliphatic carbocycles. The Morgan fingerprint density at radius 2 is 1.58 bits per heavy atom. The first-order chi connectivity index (χ1) is 11.3. The van der Waals surface area contributed by atoms with Crippen LogP contribution in [0.25, 0.3) is 10.8 Å². The molecule has 0 saturated carbocycles. The molecule has 1 N–H and O–H groups in total. The number of piperidine rings is 2. The van der Waals surface area contributed by atoms with Gasteiger partial charge < -0.3 is 10.2 Å². The summed E-state index contributed by atoms with van der Waals surface area (Å²) in [4.78, 5) is 14.9. The number of benzene rings is 2. The van der Waals surface area contributed by atoms with Crippen LogP contribution in [0.3, 0.4) is 0 Å². The van der Waals surface area contributed by atoms with Crippen LogP contribution >= 0.6 is 12.4 Å². The molecule has 0 unspecified atom stereocenters. The molecule has 0 aromatic heterocycles. The third-order valence-corrected chi connectivity index (χ3v) is 5.77. The predicted molar refractivity (Wildman–Crippen MR) is 101 cm³/mol. The number of nitrogens with one attached hydrogen (secondary N) is 1. The van der Waals surface area contributed by atoms with Gasteiger partial charge in [0.15, 0.2) is 0 Å². The van der Waals surface area contributed by atoms with E-state index in [2.05, 4.69) is 28.4 Å². The smallest absolute Gasteiger partial charge is 0.253 e. The van der Waals surface area contributed by atoms with Crippen molar-refractivity contribution in [2.75, 3.05) is 26.2 Å². The van der Waals surface area contributed by atoms with Crippen LogP contribution in [0.1, 0.15) is 36.0 Å². The summed E-state index contributed by atoms with van der Waals surface area (Å²) in [6.07, 6.45) is 4.86. The van der Waals surface area contributed by atoms with Crippen molar-refractivity contribution in [1.82, 2.24) is 10.2 Å². The standard InChI is InChI=1S/C20H24N2O.ClH/c23-19(18-6-5-16-3-1-2-4-17(16)15-18)22-13-9-20(10-14-22)7-11-21-12-8-20;/h1-6,15,21H,7-14H2;1H. The number of fused-ring (bicyclic) bond motifs is 1. The molecular formula is C20H25ClN2O. The van der Waals surface area contributed by atoms with Crippen molar-refractivity contribution < 1.29 is 4.79 Å². The van der Waals surface area contributed by atoms with Gasteiger partial charge in [-0.1, -0.05) is 30.3 Å². The number of nitrogens with zero attached hydrogens (tertiary/aromatic N) is 1. The van der Waals surface area contributed by atoms with Gasteiger partial charge in [-0.15, -0.1) is 12.4 Å². The Hall–Kier alpha value is -1.58. The van der Waals surface area contributed by atoms with Gasteiger partial charge in [-0.3, -0.25) is 4.79 Å². The Morgan fingerprint density at radius 1 is 0.917 bits per heavy atom. The van der Waals surface area contributed by atoms with E-state index >= 15 is 0 Å².